The molecule has 0 bridgehead atoms. The van der Waals surface area contributed by atoms with Crippen LogP contribution in [0.2, 0.25) is 0 Å². The van der Waals surface area contributed by atoms with Crippen LogP contribution < -0.4 is 10.1 Å². The summed E-state index contributed by atoms with van der Waals surface area (Å²) in [5.41, 5.74) is 5.69. The Hall–Kier alpha value is -1.75. The molecule has 2 heterocycles. The van der Waals surface area contributed by atoms with Crippen molar-refractivity contribution in [1.29, 1.82) is 0 Å². The smallest absolute Gasteiger partial charge is 0.308 e. The van der Waals surface area contributed by atoms with Gasteiger partial charge < -0.3 is 19.9 Å². The minimum absolute atomic E-state index is 0.0587. The Labute approximate surface area is 162 Å². The molecule has 0 radical (unpaired) electrons. The van der Waals surface area contributed by atoms with E-state index in [-0.39, 0.29) is 35.9 Å². The van der Waals surface area contributed by atoms with E-state index in [1.165, 1.54) is 16.7 Å². The minimum Gasteiger partial charge on any atom is -0.487 e. The molecule has 0 aliphatic carbocycles. The van der Waals surface area contributed by atoms with Gasteiger partial charge in [-0.2, -0.15) is 0 Å². The summed E-state index contributed by atoms with van der Waals surface area (Å²) in [6.45, 7) is 12.8. The van der Waals surface area contributed by atoms with Crippen LogP contribution in [0.25, 0.3) is 0 Å². The van der Waals surface area contributed by atoms with Gasteiger partial charge in [0.15, 0.2) is 0 Å². The number of benzene rings is 1. The highest BCUT2D eigenvalue weighted by molar-refractivity contribution is 5.73. The summed E-state index contributed by atoms with van der Waals surface area (Å²) >= 11 is 0. The molecule has 1 saturated heterocycles. The molecule has 1 aromatic rings. The molecule has 1 fully saturated rings. The van der Waals surface area contributed by atoms with E-state index in [1.807, 2.05) is 7.05 Å². The van der Waals surface area contributed by atoms with E-state index in [1.54, 1.807) is 0 Å². The number of ether oxygens (including phenoxy) is 2. The largest absolute Gasteiger partial charge is 0.487 e. The number of anilines is 1. The fourth-order valence-corrected chi connectivity index (χ4v) is 4.69. The molecule has 2 aliphatic heterocycles. The van der Waals surface area contributed by atoms with Crippen LogP contribution in [0, 0.1) is 6.92 Å². The van der Waals surface area contributed by atoms with E-state index >= 15 is 0 Å². The number of nitrogens with one attached hydrogen (secondary N) is 1. The summed E-state index contributed by atoms with van der Waals surface area (Å²) in [4.78, 5) is 11.9. The van der Waals surface area contributed by atoms with Crippen LogP contribution >= 0.6 is 0 Å². The number of hydrogen-bond acceptors (Lipinski definition) is 5. The van der Waals surface area contributed by atoms with Crippen molar-refractivity contribution in [2.75, 3.05) is 12.4 Å². The third kappa shape index (κ3) is 3.54. The van der Waals surface area contributed by atoms with Crippen molar-refractivity contribution >= 4 is 11.7 Å². The van der Waals surface area contributed by atoms with E-state index in [9.17, 15) is 9.90 Å². The van der Waals surface area contributed by atoms with E-state index in [2.05, 4.69) is 46.9 Å². The van der Waals surface area contributed by atoms with Crippen LogP contribution in [-0.2, 0) is 16.0 Å². The first-order valence-corrected chi connectivity index (χ1v) is 9.99. The van der Waals surface area contributed by atoms with Gasteiger partial charge in [-0.15, -0.1) is 0 Å². The third-order valence-electron chi connectivity index (χ3n) is 5.92. The number of hydrogen-bond donors (Lipinski definition) is 2. The van der Waals surface area contributed by atoms with Crippen molar-refractivity contribution in [2.45, 2.75) is 90.4 Å². The Morgan fingerprint density at radius 3 is 2.44 bits per heavy atom. The molecule has 5 nitrogen and oxygen atoms in total. The van der Waals surface area contributed by atoms with Crippen LogP contribution in [0.15, 0.2) is 0 Å². The molecule has 5 heteroatoms. The number of carbonyl (C=O) groups is 1. The van der Waals surface area contributed by atoms with Crippen LogP contribution in [0.3, 0.4) is 0 Å². The molecule has 0 amide bonds. The standard InChI is InChI=1S/C22H33NO4/c1-11(2)18-19(13(4)16-8-14(24)9-17(25)26-16)21-15(10-22(5,6)27-21)12(3)20(18)23-7/h11,13-14,16,23-24H,8-10H2,1-7H3/t13?,14-,16+/m1/s1. The molecule has 27 heavy (non-hydrogen) atoms. The van der Waals surface area contributed by atoms with Crippen molar-refractivity contribution in [3.05, 3.63) is 22.3 Å². The normalized spacial score (nSPS) is 25.0. The molecule has 1 unspecified atom stereocenters. The van der Waals surface area contributed by atoms with Gasteiger partial charge in [0, 0.05) is 42.6 Å². The highest BCUT2D eigenvalue weighted by Gasteiger charge is 2.41. The SMILES string of the molecule is CNc1c(C)c2c(c(C(C)[C@@H]3C[C@@H](O)CC(=O)O3)c1C(C)C)OC(C)(C)C2. The number of aliphatic hydroxyl groups is 1. The first-order chi connectivity index (χ1) is 12.6. The number of rotatable bonds is 4. The molecule has 2 aliphatic rings. The highest BCUT2D eigenvalue weighted by Crippen LogP contribution is 2.50. The van der Waals surface area contributed by atoms with Crippen LogP contribution in [0.5, 0.6) is 5.75 Å². The van der Waals surface area contributed by atoms with Gasteiger partial charge in [-0.1, -0.05) is 20.8 Å². The van der Waals surface area contributed by atoms with Gasteiger partial charge in [-0.25, -0.2) is 0 Å². The first-order valence-electron chi connectivity index (χ1n) is 9.99. The van der Waals surface area contributed by atoms with Crippen molar-refractivity contribution in [3.63, 3.8) is 0 Å². The Bertz CT molecular complexity index is 753. The van der Waals surface area contributed by atoms with E-state index in [0.29, 0.717) is 6.42 Å². The Kier molecular flexibility index (Phi) is 5.19. The highest BCUT2D eigenvalue weighted by atomic mass is 16.5. The number of aliphatic hydroxyl groups excluding tert-OH is 1. The van der Waals surface area contributed by atoms with Gasteiger partial charge in [0.1, 0.15) is 17.5 Å². The molecule has 2 N–H and O–H groups in total. The number of carbonyl (C=O) groups excluding carboxylic acids is 1. The molecule has 3 atom stereocenters. The molecular weight excluding hydrogens is 342 g/mol. The summed E-state index contributed by atoms with van der Waals surface area (Å²) in [7, 11) is 1.96. The fraction of sp³-hybridized carbons (Fsp3) is 0.682. The van der Waals surface area contributed by atoms with Crippen molar-refractivity contribution in [1.82, 2.24) is 0 Å². The summed E-state index contributed by atoms with van der Waals surface area (Å²) in [6, 6.07) is 0. The molecule has 0 saturated carbocycles. The van der Waals surface area contributed by atoms with Crippen LogP contribution in [0.4, 0.5) is 5.69 Å². The predicted molar refractivity (Wildman–Crippen MR) is 107 cm³/mol. The maximum absolute atomic E-state index is 11.9. The lowest BCUT2D eigenvalue weighted by Gasteiger charge is -2.34. The quantitative estimate of drug-likeness (QED) is 0.777. The molecular formula is C22H33NO4. The molecule has 3 rings (SSSR count). The Balaban J connectivity index is 2.19. The topological polar surface area (TPSA) is 67.8 Å². The number of cyclic esters (lactones) is 1. The molecule has 0 aromatic heterocycles. The van der Waals surface area contributed by atoms with Crippen molar-refractivity contribution in [2.24, 2.45) is 0 Å². The molecule has 0 spiro atoms. The van der Waals surface area contributed by atoms with Gasteiger partial charge in [0.25, 0.3) is 0 Å². The van der Waals surface area contributed by atoms with Crippen LogP contribution in [0.1, 0.15) is 81.5 Å². The molecule has 1 aromatic carbocycles. The second-order valence-electron chi connectivity index (χ2n) is 8.99. The average Bonchev–Trinajstić information content (AvgIpc) is 2.88. The second-order valence-corrected chi connectivity index (χ2v) is 8.99. The lowest BCUT2D eigenvalue weighted by molar-refractivity contribution is -0.161. The Morgan fingerprint density at radius 1 is 1.22 bits per heavy atom. The first kappa shape index (κ1) is 20.0. The lowest BCUT2D eigenvalue weighted by atomic mass is 9.79. The second kappa shape index (κ2) is 7.01. The number of fused-ring (bicyclic) bond motifs is 1. The number of esters is 1. The lowest BCUT2D eigenvalue weighted by Crippen LogP contribution is -2.36. The summed E-state index contributed by atoms with van der Waals surface area (Å²) in [5, 5.41) is 13.5. The minimum atomic E-state index is -0.638. The zero-order valence-electron chi connectivity index (χ0n) is 17.6. The van der Waals surface area contributed by atoms with Gasteiger partial charge in [-0.3, -0.25) is 4.79 Å². The molecule has 150 valence electrons. The van der Waals surface area contributed by atoms with Gasteiger partial charge >= 0.3 is 5.97 Å². The monoisotopic (exact) mass is 375 g/mol. The predicted octanol–water partition coefficient (Wildman–Crippen LogP) is 4.04. The van der Waals surface area contributed by atoms with Crippen LogP contribution in [-0.4, -0.2) is 35.9 Å². The third-order valence-corrected chi connectivity index (χ3v) is 5.92. The van der Waals surface area contributed by atoms with E-state index < -0.39 is 6.10 Å². The summed E-state index contributed by atoms with van der Waals surface area (Å²) < 4.78 is 12.1. The van der Waals surface area contributed by atoms with Gasteiger partial charge in [0.05, 0.1) is 12.5 Å². The Morgan fingerprint density at radius 2 is 1.89 bits per heavy atom. The van der Waals surface area contributed by atoms with E-state index in [0.717, 1.165) is 23.4 Å². The summed E-state index contributed by atoms with van der Waals surface area (Å²) in [5.74, 6) is 0.849. The zero-order valence-corrected chi connectivity index (χ0v) is 17.6. The zero-order chi connectivity index (χ0) is 20.1. The van der Waals surface area contributed by atoms with Crippen molar-refractivity contribution < 1.29 is 19.4 Å². The van der Waals surface area contributed by atoms with Gasteiger partial charge in [0.2, 0.25) is 0 Å². The van der Waals surface area contributed by atoms with E-state index in [4.69, 9.17) is 9.47 Å². The average molecular weight is 376 g/mol. The fourth-order valence-electron chi connectivity index (χ4n) is 4.69. The van der Waals surface area contributed by atoms with Crippen molar-refractivity contribution in [3.8, 4) is 5.75 Å². The summed E-state index contributed by atoms with van der Waals surface area (Å²) in [6.07, 6.45) is 0.417. The van der Waals surface area contributed by atoms with Gasteiger partial charge in [-0.05, 0) is 37.8 Å². The maximum Gasteiger partial charge on any atom is 0.308 e. The maximum atomic E-state index is 11.9.